The van der Waals surface area contributed by atoms with Gasteiger partial charge in [-0.05, 0) is 124 Å². The Kier molecular flexibility index (Phi) is 9.50. The summed E-state index contributed by atoms with van der Waals surface area (Å²) in [6.45, 7) is 16.3. The molecule has 0 aromatic heterocycles. The molecule has 5 aliphatic carbocycles. The minimum Gasteiger partial charge on any atom is -0.393 e. The summed E-state index contributed by atoms with van der Waals surface area (Å²) >= 11 is 0. The third-order valence-corrected chi connectivity index (χ3v) is 17.6. The van der Waals surface area contributed by atoms with E-state index in [2.05, 4.69) is 34.6 Å². The fourth-order valence-corrected chi connectivity index (χ4v) is 14.8. The maximum absolute atomic E-state index is 12.2. The summed E-state index contributed by atoms with van der Waals surface area (Å²) in [6, 6.07) is 0. The molecule has 0 radical (unpaired) electrons. The van der Waals surface area contributed by atoms with Crippen molar-refractivity contribution in [1.82, 2.24) is 0 Å². The molecule has 21 atom stereocenters. The average molecular weight is 769 g/mol. The van der Waals surface area contributed by atoms with Gasteiger partial charge in [-0.25, -0.2) is 0 Å². The average Bonchev–Trinajstić information content (AvgIpc) is 3.45. The van der Waals surface area contributed by atoms with Crippen LogP contribution in [-0.2, 0) is 23.7 Å². The molecule has 0 bridgehead atoms. The molecular weight excluding hydrogens is 700 g/mol. The molecule has 0 aromatic carbocycles. The molecule has 310 valence electrons. The molecule has 5 saturated carbocycles. The lowest BCUT2D eigenvalue weighted by molar-refractivity contribution is -0.335. The molecule has 0 unspecified atom stereocenters. The Hall–Kier alpha value is -0.520. The molecule has 8 fully saturated rings. The van der Waals surface area contributed by atoms with Gasteiger partial charge < -0.3 is 64.5 Å². The lowest BCUT2D eigenvalue weighted by Crippen LogP contribution is -2.65. The summed E-state index contributed by atoms with van der Waals surface area (Å²) in [5.41, 5.74) is -2.90. The maximum atomic E-state index is 12.2. The van der Waals surface area contributed by atoms with Crippen molar-refractivity contribution in [3.8, 4) is 0 Å². The van der Waals surface area contributed by atoms with Gasteiger partial charge in [0.25, 0.3) is 0 Å². The number of hydrogen-bond acceptors (Lipinski definition) is 13. The molecule has 3 heterocycles. The van der Waals surface area contributed by atoms with Gasteiger partial charge in [-0.2, -0.15) is 0 Å². The first-order chi connectivity index (χ1) is 25.0. The highest BCUT2D eigenvalue weighted by atomic mass is 16.7. The highest BCUT2D eigenvalue weighted by molar-refractivity contribution is 5.33. The Labute approximate surface area is 319 Å². The molecule has 8 rings (SSSR count). The van der Waals surface area contributed by atoms with Crippen molar-refractivity contribution < 1.29 is 64.5 Å². The van der Waals surface area contributed by atoms with Crippen LogP contribution in [0.4, 0.5) is 0 Å². The molecule has 3 saturated heterocycles. The van der Waals surface area contributed by atoms with Crippen LogP contribution in [0.2, 0.25) is 0 Å². The molecule has 0 amide bonds. The summed E-state index contributed by atoms with van der Waals surface area (Å²) in [5, 5.41) is 87.1. The van der Waals surface area contributed by atoms with Gasteiger partial charge in [0.2, 0.25) is 0 Å². The second kappa shape index (κ2) is 12.7. The fraction of sp³-hybridized carbons (Fsp3) is 1.00. The van der Waals surface area contributed by atoms with E-state index < -0.39 is 90.2 Å². The van der Waals surface area contributed by atoms with E-state index in [4.69, 9.17) is 23.7 Å². The first-order valence-electron chi connectivity index (χ1n) is 20.7. The van der Waals surface area contributed by atoms with Gasteiger partial charge >= 0.3 is 0 Å². The Bertz CT molecular complexity index is 1440. The highest BCUT2D eigenvalue weighted by Gasteiger charge is 2.85. The largest absolute Gasteiger partial charge is 0.393 e. The van der Waals surface area contributed by atoms with Crippen molar-refractivity contribution in [2.75, 3.05) is 6.61 Å². The monoisotopic (exact) mass is 768 g/mol. The van der Waals surface area contributed by atoms with Crippen molar-refractivity contribution in [3.63, 3.8) is 0 Å². The fourth-order valence-electron chi connectivity index (χ4n) is 14.8. The van der Waals surface area contributed by atoms with Crippen LogP contribution >= 0.6 is 0 Å². The van der Waals surface area contributed by atoms with Crippen molar-refractivity contribution in [3.05, 3.63) is 0 Å². The van der Waals surface area contributed by atoms with E-state index in [1.807, 2.05) is 0 Å². The molecule has 13 nitrogen and oxygen atoms in total. The van der Waals surface area contributed by atoms with Gasteiger partial charge in [0.15, 0.2) is 12.6 Å². The molecule has 8 N–H and O–H groups in total. The van der Waals surface area contributed by atoms with Crippen LogP contribution in [0.25, 0.3) is 0 Å². The smallest absolute Gasteiger partial charge is 0.186 e. The zero-order valence-electron chi connectivity index (χ0n) is 33.4. The third-order valence-electron chi connectivity index (χ3n) is 17.6. The van der Waals surface area contributed by atoms with Gasteiger partial charge in [0.05, 0.1) is 48.3 Å². The van der Waals surface area contributed by atoms with E-state index in [1.165, 1.54) is 0 Å². The van der Waals surface area contributed by atoms with E-state index in [0.29, 0.717) is 19.3 Å². The number of rotatable bonds is 6. The van der Waals surface area contributed by atoms with Crippen molar-refractivity contribution in [2.24, 2.45) is 44.8 Å². The Morgan fingerprint density at radius 3 is 2.04 bits per heavy atom. The van der Waals surface area contributed by atoms with Gasteiger partial charge in [-0.1, -0.05) is 27.7 Å². The highest BCUT2D eigenvalue weighted by Crippen LogP contribution is 2.89. The zero-order chi connectivity index (χ0) is 39.3. The van der Waals surface area contributed by atoms with E-state index >= 15 is 0 Å². The summed E-state index contributed by atoms with van der Waals surface area (Å²) in [6.07, 6.45) is -5.87. The Balaban J connectivity index is 1.15. The van der Waals surface area contributed by atoms with E-state index in [0.717, 1.165) is 38.5 Å². The summed E-state index contributed by atoms with van der Waals surface area (Å²) in [4.78, 5) is 0. The maximum Gasteiger partial charge on any atom is 0.186 e. The number of hydrogen-bond donors (Lipinski definition) is 8. The van der Waals surface area contributed by atoms with Crippen molar-refractivity contribution >= 4 is 0 Å². The van der Waals surface area contributed by atoms with E-state index in [1.54, 1.807) is 20.8 Å². The summed E-state index contributed by atoms with van der Waals surface area (Å²) < 4.78 is 32.1. The molecule has 54 heavy (non-hydrogen) atoms. The SMILES string of the molecule is C[C@@H]1O[C@H](O[C@H]2C[C@@H]3[C@]4(CC[C@]5(C)[C@@H]([C@@]6(C)CC[C@@H](C(C)(C)O)O6)[C@@H](O)C[C@@]35C)C[C@@]43CC[C@H](O[C@@H]4OC[C@@H](O)[C@H](O)[C@H]4O)C(C)(C)[C@H]23)[C@@H](O)[C@H](O)[C@H]1O. The predicted molar refractivity (Wildman–Crippen MR) is 192 cm³/mol. The lowest BCUT2D eigenvalue weighted by atomic mass is 9.41. The molecule has 8 aliphatic rings. The first-order valence-corrected chi connectivity index (χ1v) is 20.7. The number of aliphatic hydroxyl groups is 8. The second-order valence-corrected chi connectivity index (χ2v) is 21.0. The van der Waals surface area contributed by atoms with Crippen LogP contribution in [0.15, 0.2) is 0 Å². The van der Waals surface area contributed by atoms with Crippen LogP contribution in [0.5, 0.6) is 0 Å². The molecule has 0 aromatic rings. The van der Waals surface area contributed by atoms with Gasteiger partial charge in [-0.3, -0.25) is 0 Å². The Morgan fingerprint density at radius 1 is 0.685 bits per heavy atom. The Morgan fingerprint density at radius 2 is 1.37 bits per heavy atom. The first kappa shape index (κ1) is 40.3. The van der Waals surface area contributed by atoms with Crippen LogP contribution in [0.1, 0.15) is 113 Å². The summed E-state index contributed by atoms with van der Waals surface area (Å²) in [7, 11) is 0. The van der Waals surface area contributed by atoms with Crippen LogP contribution < -0.4 is 0 Å². The molecule has 3 aliphatic heterocycles. The van der Waals surface area contributed by atoms with Gasteiger partial charge in [0.1, 0.15) is 36.6 Å². The number of aliphatic hydroxyl groups excluding tert-OH is 7. The number of ether oxygens (including phenoxy) is 5. The van der Waals surface area contributed by atoms with Crippen LogP contribution in [0.3, 0.4) is 0 Å². The minimum atomic E-state index is -1.47. The summed E-state index contributed by atoms with van der Waals surface area (Å²) in [5.74, 6) is -0.0738. The third kappa shape index (κ3) is 5.43. The molecular formula is C41H68O13. The topological polar surface area (TPSA) is 208 Å². The standard InChI is InChI=1S/C41H68O13/c1-19-26(44)28(46)30(48)34(51-19)52-22-15-23-38(7)16-20(42)31(39(8)11-9-25(54-39)36(4,5)49)37(38,6)13-14-40(23)18-41(40)12-10-24(35(2,3)32(22)41)53-33-29(47)27(45)21(43)17-50-33/h19-34,42-49H,9-18H2,1-8H3/t19-,20-,21+,22-,23-,24-,25-,26-,27-,28+,29+,30-,31-,32-,33-,34+,37+,38-,39+,40-,41+/m0/s1. The van der Waals surface area contributed by atoms with Crippen LogP contribution in [0, 0.1) is 44.8 Å². The zero-order valence-corrected chi connectivity index (χ0v) is 33.4. The molecule has 2 spiro atoms. The quantitative estimate of drug-likeness (QED) is 0.182. The van der Waals surface area contributed by atoms with Gasteiger partial charge in [-0.15, -0.1) is 0 Å². The van der Waals surface area contributed by atoms with E-state index in [9.17, 15) is 40.9 Å². The van der Waals surface area contributed by atoms with Crippen molar-refractivity contribution in [1.29, 1.82) is 0 Å². The molecule has 13 heteroatoms. The minimum absolute atomic E-state index is 0.0219. The number of fused-ring (bicyclic) bond motifs is 2. The van der Waals surface area contributed by atoms with Gasteiger partial charge in [0, 0.05) is 5.92 Å². The van der Waals surface area contributed by atoms with E-state index in [-0.39, 0.29) is 52.1 Å². The van der Waals surface area contributed by atoms with Crippen LogP contribution in [-0.4, -0.2) is 138 Å². The van der Waals surface area contributed by atoms with Crippen molar-refractivity contribution in [2.45, 2.75) is 204 Å². The normalized spacial score (nSPS) is 59.6. The second-order valence-electron chi connectivity index (χ2n) is 21.0. The predicted octanol–water partition coefficient (Wildman–Crippen LogP) is 1.75. The lowest BCUT2D eigenvalue weighted by Gasteiger charge is -2.65.